The summed E-state index contributed by atoms with van der Waals surface area (Å²) in [6, 6.07) is 3.70. The monoisotopic (exact) mass is 146 g/mol. The molecule has 0 aromatic carbocycles. The average molecular weight is 146 g/mol. The van der Waals surface area contributed by atoms with Crippen LogP contribution in [0.25, 0.3) is 4.85 Å². The van der Waals surface area contributed by atoms with Gasteiger partial charge in [-0.1, -0.05) is 26.0 Å². The highest BCUT2D eigenvalue weighted by Crippen LogP contribution is 2.15. The van der Waals surface area contributed by atoms with Crippen molar-refractivity contribution in [1.82, 2.24) is 4.98 Å². The average Bonchev–Trinajstić information content (AvgIpc) is 2.05. The minimum Gasteiger partial charge on any atom is -0.273 e. The van der Waals surface area contributed by atoms with Gasteiger partial charge in [0.05, 0.1) is 6.57 Å². The van der Waals surface area contributed by atoms with E-state index in [0.717, 1.165) is 5.69 Å². The number of nitrogens with zero attached hydrogens (tertiary/aromatic N) is 2. The largest absolute Gasteiger partial charge is 0.273 e. The van der Waals surface area contributed by atoms with E-state index in [1.54, 1.807) is 12.3 Å². The molecule has 0 amide bonds. The van der Waals surface area contributed by atoms with Crippen molar-refractivity contribution in [3.05, 3.63) is 35.4 Å². The van der Waals surface area contributed by atoms with Crippen molar-refractivity contribution in [2.45, 2.75) is 19.8 Å². The van der Waals surface area contributed by atoms with Crippen molar-refractivity contribution in [3.8, 4) is 0 Å². The summed E-state index contributed by atoms with van der Waals surface area (Å²) >= 11 is 0. The van der Waals surface area contributed by atoms with Gasteiger partial charge in [-0.05, 0) is 5.92 Å². The van der Waals surface area contributed by atoms with Crippen LogP contribution in [0.4, 0.5) is 5.69 Å². The predicted molar refractivity (Wildman–Crippen MR) is 44.6 cm³/mol. The fourth-order valence-electron chi connectivity index (χ4n) is 0.805. The predicted octanol–water partition coefficient (Wildman–Crippen LogP) is 2.76. The SMILES string of the molecule is [C-]#[N+]c1ccc(C(C)C)nc1. The Bertz CT molecular complexity index is 267. The molecule has 2 nitrogen and oxygen atoms in total. The summed E-state index contributed by atoms with van der Waals surface area (Å²) in [5.74, 6) is 0.440. The van der Waals surface area contributed by atoms with Crippen LogP contribution in [0.15, 0.2) is 18.3 Å². The Balaban J connectivity index is 2.94. The van der Waals surface area contributed by atoms with Gasteiger partial charge in [-0.3, -0.25) is 4.98 Å². The normalized spacial score (nSPS) is 9.64. The molecule has 2 heteroatoms. The van der Waals surface area contributed by atoms with Gasteiger partial charge in [-0.25, -0.2) is 4.85 Å². The van der Waals surface area contributed by atoms with E-state index in [0.29, 0.717) is 11.6 Å². The molecule has 0 spiro atoms. The molecule has 0 radical (unpaired) electrons. The van der Waals surface area contributed by atoms with Crippen LogP contribution < -0.4 is 0 Å². The van der Waals surface area contributed by atoms with Crippen LogP contribution in [-0.4, -0.2) is 4.98 Å². The lowest BCUT2D eigenvalue weighted by Crippen LogP contribution is -1.89. The van der Waals surface area contributed by atoms with E-state index < -0.39 is 0 Å². The van der Waals surface area contributed by atoms with Gasteiger partial charge >= 0.3 is 0 Å². The Kier molecular flexibility index (Phi) is 2.22. The van der Waals surface area contributed by atoms with Crippen molar-refractivity contribution in [2.75, 3.05) is 0 Å². The lowest BCUT2D eigenvalue weighted by molar-refractivity contribution is 0.824. The Hall–Kier alpha value is -1.36. The minimum absolute atomic E-state index is 0.440. The Labute approximate surface area is 66.7 Å². The first-order chi connectivity index (χ1) is 5.24. The zero-order valence-electron chi connectivity index (χ0n) is 6.70. The van der Waals surface area contributed by atoms with Crippen molar-refractivity contribution in [2.24, 2.45) is 0 Å². The summed E-state index contributed by atoms with van der Waals surface area (Å²) < 4.78 is 0. The molecule has 56 valence electrons. The van der Waals surface area contributed by atoms with Gasteiger partial charge in [-0.15, -0.1) is 0 Å². The maximum absolute atomic E-state index is 6.71. The van der Waals surface area contributed by atoms with Gasteiger partial charge in [0.2, 0.25) is 5.69 Å². The van der Waals surface area contributed by atoms with E-state index in [-0.39, 0.29) is 0 Å². The van der Waals surface area contributed by atoms with E-state index in [1.807, 2.05) is 6.07 Å². The van der Waals surface area contributed by atoms with Crippen LogP contribution in [0, 0.1) is 6.57 Å². The second-order valence-electron chi connectivity index (χ2n) is 2.71. The van der Waals surface area contributed by atoms with Gasteiger partial charge in [0.25, 0.3) is 0 Å². The molecule has 0 aliphatic carbocycles. The lowest BCUT2D eigenvalue weighted by Gasteiger charge is -2.01. The molecule has 0 unspecified atom stereocenters. The van der Waals surface area contributed by atoms with Crippen LogP contribution in [-0.2, 0) is 0 Å². The maximum Gasteiger partial charge on any atom is 0.205 e. The van der Waals surface area contributed by atoms with E-state index in [4.69, 9.17) is 6.57 Å². The molecule has 1 aromatic heterocycles. The van der Waals surface area contributed by atoms with Gasteiger partial charge in [0.15, 0.2) is 0 Å². The molecule has 0 aliphatic heterocycles. The third-order valence-corrected chi connectivity index (χ3v) is 1.49. The van der Waals surface area contributed by atoms with Crippen molar-refractivity contribution >= 4 is 5.69 Å². The summed E-state index contributed by atoms with van der Waals surface area (Å²) in [7, 11) is 0. The lowest BCUT2D eigenvalue weighted by atomic mass is 10.1. The second kappa shape index (κ2) is 3.16. The van der Waals surface area contributed by atoms with Gasteiger partial charge in [0, 0.05) is 11.9 Å². The van der Waals surface area contributed by atoms with Gasteiger partial charge in [-0.2, -0.15) is 0 Å². The molecule has 0 atom stereocenters. The Morgan fingerprint density at radius 1 is 1.45 bits per heavy atom. The molecule has 1 heterocycles. The van der Waals surface area contributed by atoms with Crippen molar-refractivity contribution < 1.29 is 0 Å². The fourth-order valence-corrected chi connectivity index (χ4v) is 0.805. The molecule has 1 aromatic rings. The minimum atomic E-state index is 0.440. The molecular formula is C9H10N2. The van der Waals surface area contributed by atoms with Crippen LogP contribution in [0.1, 0.15) is 25.5 Å². The van der Waals surface area contributed by atoms with Crippen LogP contribution in [0.2, 0.25) is 0 Å². The first kappa shape index (κ1) is 7.74. The number of pyridine rings is 1. The van der Waals surface area contributed by atoms with Crippen LogP contribution in [0.5, 0.6) is 0 Å². The summed E-state index contributed by atoms with van der Waals surface area (Å²) in [6.07, 6.45) is 1.61. The molecule has 0 saturated heterocycles. The van der Waals surface area contributed by atoms with E-state index in [1.165, 1.54) is 0 Å². The number of rotatable bonds is 1. The smallest absolute Gasteiger partial charge is 0.205 e. The van der Waals surface area contributed by atoms with Crippen LogP contribution in [0.3, 0.4) is 0 Å². The molecule has 0 N–H and O–H groups in total. The zero-order valence-corrected chi connectivity index (χ0v) is 6.70. The number of hydrogen-bond acceptors (Lipinski definition) is 1. The molecular weight excluding hydrogens is 136 g/mol. The molecule has 0 saturated carbocycles. The first-order valence-electron chi connectivity index (χ1n) is 3.57. The highest BCUT2D eigenvalue weighted by molar-refractivity contribution is 5.41. The highest BCUT2D eigenvalue weighted by atomic mass is 14.7. The van der Waals surface area contributed by atoms with Gasteiger partial charge < -0.3 is 0 Å². The highest BCUT2D eigenvalue weighted by Gasteiger charge is 1.98. The quantitative estimate of drug-likeness (QED) is 0.557. The second-order valence-corrected chi connectivity index (χ2v) is 2.71. The maximum atomic E-state index is 6.71. The molecule has 0 aliphatic rings. The summed E-state index contributed by atoms with van der Waals surface area (Å²) in [5, 5.41) is 0. The third kappa shape index (κ3) is 1.78. The molecule has 11 heavy (non-hydrogen) atoms. The van der Waals surface area contributed by atoms with Crippen LogP contribution >= 0.6 is 0 Å². The standard InChI is InChI=1S/C9H10N2/c1-7(2)9-5-4-8(10-3)6-11-9/h4-7H,1-2H3. The first-order valence-corrected chi connectivity index (χ1v) is 3.57. The Morgan fingerprint density at radius 3 is 2.55 bits per heavy atom. The van der Waals surface area contributed by atoms with E-state index in [2.05, 4.69) is 23.7 Å². The zero-order chi connectivity index (χ0) is 8.27. The summed E-state index contributed by atoms with van der Waals surface area (Å²) in [5.41, 5.74) is 1.65. The van der Waals surface area contributed by atoms with E-state index >= 15 is 0 Å². The van der Waals surface area contributed by atoms with Crippen molar-refractivity contribution in [1.29, 1.82) is 0 Å². The number of aromatic nitrogens is 1. The Morgan fingerprint density at radius 2 is 2.18 bits per heavy atom. The molecule has 0 fully saturated rings. The molecule has 1 rings (SSSR count). The fraction of sp³-hybridized carbons (Fsp3) is 0.333. The number of hydrogen-bond donors (Lipinski definition) is 0. The van der Waals surface area contributed by atoms with E-state index in [9.17, 15) is 0 Å². The molecule has 0 bridgehead atoms. The summed E-state index contributed by atoms with van der Waals surface area (Å²) in [4.78, 5) is 7.39. The summed E-state index contributed by atoms with van der Waals surface area (Å²) in [6.45, 7) is 10.9. The van der Waals surface area contributed by atoms with Crippen molar-refractivity contribution in [3.63, 3.8) is 0 Å². The van der Waals surface area contributed by atoms with Gasteiger partial charge in [0.1, 0.15) is 0 Å². The topological polar surface area (TPSA) is 17.2 Å². The third-order valence-electron chi connectivity index (χ3n) is 1.49.